The molecule has 0 saturated carbocycles. The molecule has 1 atom stereocenters. The van der Waals surface area contributed by atoms with Crippen molar-refractivity contribution in [1.29, 1.82) is 5.26 Å². The Balaban J connectivity index is 1.44. The number of nitrogen functional groups attached to an aromatic ring is 1. The molecule has 10 heteroatoms. The van der Waals surface area contributed by atoms with Gasteiger partial charge in [0.05, 0.1) is 47.1 Å². The van der Waals surface area contributed by atoms with E-state index in [0.717, 1.165) is 29.8 Å². The van der Waals surface area contributed by atoms with Crippen molar-refractivity contribution >= 4 is 5.95 Å². The van der Waals surface area contributed by atoms with E-state index in [9.17, 15) is 9.65 Å². The maximum atomic E-state index is 14.1. The first kappa shape index (κ1) is 19.8. The second-order valence-corrected chi connectivity index (χ2v) is 7.78. The summed E-state index contributed by atoms with van der Waals surface area (Å²) < 4.78 is 17.5. The van der Waals surface area contributed by atoms with Crippen molar-refractivity contribution in [3.63, 3.8) is 0 Å². The summed E-state index contributed by atoms with van der Waals surface area (Å²) in [5.41, 5.74) is 11.2. The van der Waals surface area contributed by atoms with Crippen LogP contribution < -0.4 is 5.73 Å². The molecule has 32 heavy (non-hydrogen) atoms. The van der Waals surface area contributed by atoms with Crippen LogP contribution in [0.5, 0.6) is 0 Å². The number of anilines is 1. The number of halogens is 1. The molecule has 9 nitrogen and oxygen atoms in total. The third kappa shape index (κ3) is 3.58. The fourth-order valence-corrected chi connectivity index (χ4v) is 3.99. The van der Waals surface area contributed by atoms with E-state index >= 15 is 0 Å². The minimum Gasteiger partial charge on any atom is -0.368 e. The van der Waals surface area contributed by atoms with Crippen LogP contribution >= 0.6 is 0 Å². The average Bonchev–Trinajstić information content (AvgIpc) is 3.41. The van der Waals surface area contributed by atoms with E-state index in [1.807, 2.05) is 19.1 Å². The van der Waals surface area contributed by atoms with Gasteiger partial charge in [-0.3, -0.25) is 4.68 Å². The van der Waals surface area contributed by atoms with Crippen molar-refractivity contribution in [3.8, 4) is 28.7 Å². The van der Waals surface area contributed by atoms with E-state index in [4.69, 9.17) is 5.73 Å². The van der Waals surface area contributed by atoms with Crippen LogP contribution in [0.2, 0.25) is 0 Å². The first-order chi connectivity index (χ1) is 15.5. The molecule has 4 heterocycles. The summed E-state index contributed by atoms with van der Waals surface area (Å²) in [5.74, 6) is 0.101. The van der Waals surface area contributed by atoms with Gasteiger partial charge in [-0.05, 0) is 43.5 Å². The fourth-order valence-electron chi connectivity index (χ4n) is 3.99. The maximum absolute atomic E-state index is 14.1. The number of hydrogen-bond donors (Lipinski definition) is 1. The Kier molecular flexibility index (Phi) is 4.86. The molecule has 1 aromatic carbocycles. The van der Waals surface area contributed by atoms with Gasteiger partial charge in [0.2, 0.25) is 5.95 Å². The molecule has 0 aliphatic carbocycles. The minimum absolute atomic E-state index is 0.101. The van der Waals surface area contributed by atoms with Gasteiger partial charge in [-0.25, -0.2) is 19.0 Å². The largest absolute Gasteiger partial charge is 0.368 e. The Hall–Kier alpha value is -4.13. The van der Waals surface area contributed by atoms with Crippen LogP contribution in [0.4, 0.5) is 10.3 Å². The number of alkyl halides is 1. The number of benzene rings is 1. The zero-order valence-corrected chi connectivity index (χ0v) is 17.4. The van der Waals surface area contributed by atoms with E-state index in [0.29, 0.717) is 41.3 Å². The highest BCUT2D eigenvalue weighted by Gasteiger charge is 2.22. The van der Waals surface area contributed by atoms with Gasteiger partial charge in [0.15, 0.2) is 0 Å². The van der Waals surface area contributed by atoms with Gasteiger partial charge in [-0.2, -0.15) is 10.4 Å². The summed E-state index contributed by atoms with van der Waals surface area (Å²) in [4.78, 5) is 8.64. The number of hydrogen-bond acceptors (Lipinski definition) is 7. The molecule has 160 valence electrons. The molecule has 3 aromatic heterocycles. The van der Waals surface area contributed by atoms with E-state index in [1.54, 1.807) is 33.8 Å². The van der Waals surface area contributed by atoms with Gasteiger partial charge < -0.3 is 5.73 Å². The molecule has 4 aromatic rings. The summed E-state index contributed by atoms with van der Waals surface area (Å²) in [6.07, 6.45) is 2.10. The van der Waals surface area contributed by atoms with Crippen LogP contribution in [0.1, 0.15) is 41.5 Å². The summed E-state index contributed by atoms with van der Waals surface area (Å²) >= 11 is 0. The number of nitrogens with zero attached hydrogens (tertiary/aromatic N) is 8. The molecule has 5 rings (SSSR count). The molecule has 1 unspecified atom stereocenters. The first-order valence-corrected chi connectivity index (χ1v) is 10.3. The number of rotatable bonds is 4. The predicted molar refractivity (Wildman–Crippen MR) is 115 cm³/mol. The second kappa shape index (κ2) is 7.85. The molecule has 0 saturated heterocycles. The average molecular weight is 429 g/mol. The number of fused-ring (bicyclic) bond motifs is 1. The number of aromatic nitrogens is 7. The second-order valence-electron chi connectivity index (χ2n) is 7.78. The van der Waals surface area contributed by atoms with Crippen molar-refractivity contribution in [3.05, 3.63) is 59.0 Å². The Morgan fingerprint density at radius 2 is 2.06 bits per heavy atom. The zero-order chi connectivity index (χ0) is 22.2. The van der Waals surface area contributed by atoms with Crippen LogP contribution in [0.25, 0.3) is 22.6 Å². The molecule has 2 N–H and O–H groups in total. The standard InChI is InChI=1S/C22H20FN9/c1-13-14(10-24)4-2-5-16(13)18-9-19(27-22(25)26-18)20-12-31(30-28-20)11-15-8-21-17(23)6-3-7-32(21)29-15/h2,4-5,8-9,12,17H,3,6-7,11H2,1H3,(H2,25,26,27). The van der Waals surface area contributed by atoms with E-state index in [-0.39, 0.29) is 5.95 Å². The lowest BCUT2D eigenvalue weighted by molar-refractivity contribution is 0.259. The number of nitriles is 1. The third-order valence-corrected chi connectivity index (χ3v) is 5.61. The molecular weight excluding hydrogens is 409 g/mol. The molecule has 0 fully saturated rings. The highest BCUT2D eigenvalue weighted by atomic mass is 19.1. The van der Waals surface area contributed by atoms with Crippen LogP contribution in [-0.2, 0) is 13.1 Å². The Morgan fingerprint density at radius 3 is 2.88 bits per heavy atom. The summed E-state index contributed by atoms with van der Waals surface area (Å²) in [6.45, 7) is 2.97. The monoisotopic (exact) mass is 429 g/mol. The van der Waals surface area contributed by atoms with Gasteiger partial charge in [0.25, 0.3) is 0 Å². The number of aryl methyl sites for hydroxylation is 1. The van der Waals surface area contributed by atoms with Crippen molar-refractivity contribution in [2.45, 2.75) is 39.0 Å². The predicted octanol–water partition coefficient (Wildman–Crippen LogP) is 3.21. The number of nitrogens with two attached hydrogens (primary N) is 1. The quantitative estimate of drug-likeness (QED) is 0.528. The first-order valence-electron chi connectivity index (χ1n) is 10.3. The highest BCUT2D eigenvalue weighted by Crippen LogP contribution is 2.29. The molecule has 0 amide bonds. The van der Waals surface area contributed by atoms with Crippen LogP contribution in [-0.4, -0.2) is 34.7 Å². The van der Waals surface area contributed by atoms with Crippen LogP contribution in [0.3, 0.4) is 0 Å². The van der Waals surface area contributed by atoms with Gasteiger partial charge >= 0.3 is 0 Å². The lowest BCUT2D eigenvalue weighted by Gasteiger charge is -2.16. The molecule has 0 radical (unpaired) electrons. The Labute approximate surface area is 183 Å². The molecule has 0 spiro atoms. The topological polar surface area (TPSA) is 124 Å². The van der Waals surface area contributed by atoms with E-state index < -0.39 is 6.17 Å². The Morgan fingerprint density at radius 1 is 1.22 bits per heavy atom. The molecule has 1 aliphatic heterocycles. The summed E-state index contributed by atoms with van der Waals surface area (Å²) in [5, 5.41) is 22.2. The maximum Gasteiger partial charge on any atom is 0.221 e. The smallest absolute Gasteiger partial charge is 0.221 e. The molecule has 1 aliphatic rings. The SMILES string of the molecule is Cc1c(C#N)cccc1-c1cc(-c2cn(Cc3cc4n(n3)CCCC4F)nn2)nc(N)n1. The fraction of sp³-hybridized carbons (Fsp3) is 0.273. The van der Waals surface area contributed by atoms with Gasteiger partial charge in [0, 0.05) is 12.1 Å². The van der Waals surface area contributed by atoms with Gasteiger partial charge in [-0.15, -0.1) is 5.10 Å². The molecule has 0 bridgehead atoms. The summed E-state index contributed by atoms with van der Waals surface area (Å²) in [7, 11) is 0. The van der Waals surface area contributed by atoms with Crippen LogP contribution in [0, 0.1) is 18.3 Å². The molecular formula is C22H20FN9. The van der Waals surface area contributed by atoms with Crippen molar-refractivity contribution in [1.82, 2.24) is 34.7 Å². The Bertz CT molecular complexity index is 1350. The van der Waals surface area contributed by atoms with Crippen molar-refractivity contribution in [2.75, 3.05) is 5.73 Å². The van der Waals surface area contributed by atoms with Crippen molar-refractivity contribution < 1.29 is 4.39 Å². The lowest BCUT2D eigenvalue weighted by atomic mass is 10.00. The van der Waals surface area contributed by atoms with E-state index in [1.165, 1.54) is 0 Å². The van der Waals surface area contributed by atoms with Crippen LogP contribution in [0.15, 0.2) is 36.5 Å². The van der Waals surface area contributed by atoms with E-state index in [2.05, 4.69) is 31.4 Å². The third-order valence-electron chi connectivity index (χ3n) is 5.61. The zero-order valence-electron chi connectivity index (χ0n) is 17.4. The van der Waals surface area contributed by atoms with Gasteiger partial charge in [-0.1, -0.05) is 17.3 Å². The normalized spacial score (nSPS) is 15.3. The lowest BCUT2D eigenvalue weighted by Crippen LogP contribution is -2.13. The highest BCUT2D eigenvalue weighted by molar-refractivity contribution is 5.71. The van der Waals surface area contributed by atoms with Gasteiger partial charge in [0.1, 0.15) is 11.9 Å². The summed E-state index contributed by atoms with van der Waals surface area (Å²) in [6, 6.07) is 11.2. The van der Waals surface area contributed by atoms with Crippen molar-refractivity contribution in [2.24, 2.45) is 0 Å². The minimum atomic E-state index is -0.971.